The van der Waals surface area contributed by atoms with Crippen molar-refractivity contribution in [1.82, 2.24) is 15.1 Å². The predicted molar refractivity (Wildman–Crippen MR) is 107 cm³/mol. The van der Waals surface area contributed by atoms with Gasteiger partial charge in [0.15, 0.2) is 5.96 Å². The summed E-state index contributed by atoms with van der Waals surface area (Å²) in [5.41, 5.74) is 0. The number of methoxy groups -OCH3 is 1. The summed E-state index contributed by atoms with van der Waals surface area (Å²) in [6, 6.07) is 0. The first kappa shape index (κ1) is 23.2. The highest BCUT2D eigenvalue weighted by atomic mass is 127. The number of aliphatic imine (C=N–C) groups is 1. The fourth-order valence-corrected chi connectivity index (χ4v) is 2.46. The van der Waals surface area contributed by atoms with Crippen LogP contribution in [0.2, 0.25) is 0 Å². The van der Waals surface area contributed by atoms with Gasteiger partial charge in [-0.2, -0.15) is 0 Å². The van der Waals surface area contributed by atoms with Gasteiger partial charge in [-0.3, -0.25) is 4.99 Å². The van der Waals surface area contributed by atoms with Crippen LogP contribution >= 0.6 is 24.0 Å². The van der Waals surface area contributed by atoms with Crippen molar-refractivity contribution < 1.29 is 14.3 Å². The van der Waals surface area contributed by atoms with Crippen molar-refractivity contribution in [3.63, 3.8) is 0 Å². The normalized spacial score (nSPS) is 15.0. The first-order valence-electron chi connectivity index (χ1n) is 8.66. The number of carbonyl (C=O) groups is 1. The predicted octanol–water partition coefficient (Wildman–Crippen LogP) is 2.16. The van der Waals surface area contributed by atoms with Crippen molar-refractivity contribution in [2.24, 2.45) is 4.99 Å². The van der Waals surface area contributed by atoms with Gasteiger partial charge < -0.3 is 24.6 Å². The van der Waals surface area contributed by atoms with Gasteiger partial charge in [0.1, 0.15) is 0 Å². The Morgan fingerprint density at radius 1 is 1.08 bits per heavy atom. The minimum Gasteiger partial charge on any atom is -0.450 e. The molecule has 0 radical (unpaired) electrons. The van der Waals surface area contributed by atoms with E-state index in [4.69, 9.17) is 14.5 Å². The molecule has 1 fully saturated rings. The van der Waals surface area contributed by atoms with Crippen LogP contribution in [-0.2, 0) is 9.47 Å². The van der Waals surface area contributed by atoms with Gasteiger partial charge in [0.25, 0.3) is 0 Å². The van der Waals surface area contributed by atoms with Crippen molar-refractivity contribution in [3.8, 4) is 0 Å². The van der Waals surface area contributed by atoms with Crippen LogP contribution in [-0.4, -0.2) is 81.4 Å². The molecule has 8 heteroatoms. The summed E-state index contributed by atoms with van der Waals surface area (Å²) in [7, 11) is 1.73. The molecule has 0 bridgehead atoms. The largest absolute Gasteiger partial charge is 0.450 e. The molecule has 142 valence electrons. The molecule has 1 rings (SSSR count). The molecule has 24 heavy (non-hydrogen) atoms. The van der Waals surface area contributed by atoms with E-state index in [9.17, 15) is 4.79 Å². The van der Waals surface area contributed by atoms with Crippen molar-refractivity contribution in [2.75, 3.05) is 59.6 Å². The number of guanidine groups is 1. The first-order valence-corrected chi connectivity index (χ1v) is 8.66. The molecule has 1 aliphatic rings. The third kappa shape index (κ3) is 8.91. The molecule has 1 N–H and O–H groups in total. The number of rotatable bonds is 8. The lowest BCUT2D eigenvalue weighted by Gasteiger charge is -2.35. The van der Waals surface area contributed by atoms with Crippen LogP contribution in [0.25, 0.3) is 0 Å². The van der Waals surface area contributed by atoms with E-state index in [0.717, 1.165) is 58.0 Å². The van der Waals surface area contributed by atoms with Gasteiger partial charge >= 0.3 is 6.09 Å². The number of unbranched alkanes of at least 4 members (excludes halogenated alkanes) is 2. The van der Waals surface area contributed by atoms with Crippen LogP contribution in [0.5, 0.6) is 0 Å². The lowest BCUT2D eigenvalue weighted by Crippen LogP contribution is -2.53. The molecular formula is C16H33IN4O3. The van der Waals surface area contributed by atoms with Crippen LogP contribution in [0.1, 0.15) is 33.1 Å². The minimum atomic E-state index is -0.216. The Bertz CT molecular complexity index is 361. The van der Waals surface area contributed by atoms with Gasteiger partial charge in [-0.15, -0.1) is 24.0 Å². The SMILES string of the molecule is CCNC(=NCCCCCOC)N1CCN(C(=O)OCC)CC1.I. The number of nitrogens with zero attached hydrogens (tertiary/aromatic N) is 3. The molecule has 0 spiro atoms. The molecular weight excluding hydrogens is 423 g/mol. The van der Waals surface area contributed by atoms with Gasteiger partial charge in [-0.1, -0.05) is 0 Å². The molecule has 1 heterocycles. The third-order valence-electron chi connectivity index (χ3n) is 3.71. The van der Waals surface area contributed by atoms with Crippen molar-refractivity contribution in [2.45, 2.75) is 33.1 Å². The van der Waals surface area contributed by atoms with Gasteiger partial charge in [0, 0.05) is 53.0 Å². The summed E-state index contributed by atoms with van der Waals surface area (Å²) in [5.74, 6) is 0.947. The molecule has 0 saturated carbocycles. The Morgan fingerprint density at radius 3 is 2.33 bits per heavy atom. The quantitative estimate of drug-likeness (QED) is 0.263. The number of ether oxygens (including phenoxy) is 2. The van der Waals surface area contributed by atoms with Crippen molar-refractivity contribution >= 4 is 36.0 Å². The van der Waals surface area contributed by atoms with E-state index < -0.39 is 0 Å². The van der Waals surface area contributed by atoms with Gasteiger partial charge in [0.2, 0.25) is 0 Å². The van der Waals surface area contributed by atoms with E-state index in [1.54, 1.807) is 12.0 Å². The average Bonchev–Trinajstić information content (AvgIpc) is 2.57. The second-order valence-electron chi connectivity index (χ2n) is 5.46. The summed E-state index contributed by atoms with van der Waals surface area (Å²) >= 11 is 0. The second-order valence-corrected chi connectivity index (χ2v) is 5.46. The second kappa shape index (κ2) is 14.6. The molecule has 0 aromatic heterocycles. The Morgan fingerprint density at radius 2 is 1.75 bits per heavy atom. The van der Waals surface area contributed by atoms with Gasteiger partial charge in [0.05, 0.1) is 6.61 Å². The van der Waals surface area contributed by atoms with Crippen LogP contribution < -0.4 is 5.32 Å². The molecule has 1 amide bonds. The number of amides is 1. The first-order chi connectivity index (χ1) is 11.2. The molecule has 7 nitrogen and oxygen atoms in total. The number of piperazine rings is 1. The zero-order valence-corrected chi connectivity index (χ0v) is 17.6. The van der Waals surface area contributed by atoms with E-state index in [1.165, 1.54) is 0 Å². The molecule has 0 unspecified atom stereocenters. The zero-order chi connectivity index (χ0) is 16.9. The summed E-state index contributed by atoms with van der Waals surface area (Å²) < 4.78 is 10.1. The van der Waals surface area contributed by atoms with E-state index in [-0.39, 0.29) is 30.1 Å². The van der Waals surface area contributed by atoms with Crippen molar-refractivity contribution in [1.29, 1.82) is 0 Å². The van der Waals surface area contributed by atoms with Crippen LogP contribution in [0, 0.1) is 0 Å². The molecule has 1 saturated heterocycles. The minimum absolute atomic E-state index is 0. The highest BCUT2D eigenvalue weighted by Crippen LogP contribution is 2.05. The maximum atomic E-state index is 11.7. The number of hydrogen-bond donors (Lipinski definition) is 1. The fourth-order valence-electron chi connectivity index (χ4n) is 2.46. The summed E-state index contributed by atoms with van der Waals surface area (Å²) in [5, 5.41) is 3.34. The Balaban J connectivity index is 0.00000529. The molecule has 0 aromatic carbocycles. The summed E-state index contributed by atoms with van der Waals surface area (Å²) in [4.78, 5) is 20.4. The van der Waals surface area contributed by atoms with E-state index in [1.807, 2.05) is 6.92 Å². The lowest BCUT2D eigenvalue weighted by atomic mass is 10.2. The van der Waals surface area contributed by atoms with E-state index >= 15 is 0 Å². The third-order valence-corrected chi connectivity index (χ3v) is 3.71. The number of halogens is 1. The number of nitrogens with one attached hydrogen (secondary N) is 1. The smallest absolute Gasteiger partial charge is 0.409 e. The van der Waals surface area contributed by atoms with Gasteiger partial charge in [-0.05, 0) is 33.1 Å². The van der Waals surface area contributed by atoms with Crippen molar-refractivity contribution in [3.05, 3.63) is 0 Å². The maximum Gasteiger partial charge on any atom is 0.409 e. The van der Waals surface area contributed by atoms with E-state index in [0.29, 0.717) is 19.7 Å². The van der Waals surface area contributed by atoms with Crippen LogP contribution in [0.3, 0.4) is 0 Å². The highest BCUT2D eigenvalue weighted by molar-refractivity contribution is 14.0. The molecule has 0 aromatic rings. The van der Waals surface area contributed by atoms with Crippen LogP contribution in [0.4, 0.5) is 4.79 Å². The molecule has 1 aliphatic heterocycles. The highest BCUT2D eigenvalue weighted by Gasteiger charge is 2.23. The summed E-state index contributed by atoms with van der Waals surface area (Å²) in [6.45, 7) is 9.74. The average molecular weight is 456 g/mol. The fraction of sp³-hybridized carbons (Fsp3) is 0.875. The zero-order valence-electron chi connectivity index (χ0n) is 15.3. The molecule has 0 aliphatic carbocycles. The number of hydrogen-bond acceptors (Lipinski definition) is 4. The Hall–Kier alpha value is -0.770. The maximum absolute atomic E-state index is 11.7. The molecule has 0 atom stereocenters. The topological polar surface area (TPSA) is 66.4 Å². The standard InChI is InChI=1S/C16H32N4O3.HI/c1-4-17-15(18-9-7-6-8-14-22-3)19-10-12-20(13-11-19)16(21)23-5-2;/h4-14H2,1-3H3,(H,17,18);1H. The Kier molecular flexibility index (Phi) is 14.1. The number of carbonyl (C=O) groups excluding carboxylic acids is 1. The van der Waals surface area contributed by atoms with E-state index in [2.05, 4.69) is 17.1 Å². The lowest BCUT2D eigenvalue weighted by molar-refractivity contribution is 0.0914. The van der Waals surface area contributed by atoms with Gasteiger partial charge in [-0.25, -0.2) is 4.79 Å². The van der Waals surface area contributed by atoms with Crippen LogP contribution in [0.15, 0.2) is 4.99 Å². The summed E-state index contributed by atoms with van der Waals surface area (Å²) in [6.07, 6.45) is 3.07. The monoisotopic (exact) mass is 456 g/mol. The Labute approximate surface area is 163 Å².